The van der Waals surface area contributed by atoms with Crippen LogP contribution in [-0.4, -0.2) is 16.5 Å². The summed E-state index contributed by atoms with van der Waals surface area (Å²) in [5, 5.41) is 8.10. The number of hydrogen-bond acceptors (Lipinski definition) is 1. The minimum atomic E-state index is -0.839. The minimum absolute atomic E-state index is 0.253. The largest absolute Gasteiger partial charge is 0.480 e. The van der Waals surface area contributed by atoms with Crippen LogP contribution in [0.3, 0.4) is 0 Å². The van der Waals surface area contributed by atoms with Crippen molar-refractivity contribution in [1.82, 2.24) is 0 Å². The van der Waals surface area contributed by atoms with Gasteiger partial charge >= 0.3 is 5.97 Å². The summed E-state index contributed by atoms with van der Waals surface area (Å²) in [4.78, 5) is 10.6. The molecule has 0 aliphatic heterocycles. The van der Waals surface area contributed by atoms with E-state index in [-0.39, 0.29) is 5.92 Å². The van der Waals surface area contributed by atoms with E-state index in [1.165, 1.54) is 19.3 Å². The van der Waals surface area contributed by atoms with E-state index < -0.39 is 11.3 Å². The maximum absolute atomic E-state index is 10.6. The number of rotatable bonds is 2. The van der Waals surface area contributed by atoms with Gasteiger partial charge in [-0.2, -0.15) is 0 Å². The monoisotopic (exact) mass is 188 g/mol. The number of carboxylic acid groups (broad SMARTS) is 1. The quantitative estimate of drug-likeness (QED) is 0.674. The zero-order valence-corrected chi connectivity index (χ0v) is 7.63. The van der Waals surface area contributed by atoms with Crippen molar-refractivity contribution in [3.63, 3.8) is 0 Å². The van der Waals surface area contributed by atoms with E-state index in [0.717, 1.165) is 12.3 Å². The minimum Gasteiger partial charge on any atom is -0.480 e. The van der Waals surface area contributed by atoms with Crippen molar-refractivity contribution in [2.24, 2.45) is 17.8 Å². The molecule has 3 heteroatoms. The first kappa shape index (κ1) is 8.36. The number of carboxylic acids is 1. The van der Waals surface area contributed by atoms with Crippen LogP contribution < -0.4 is 0 Å². The van der Waals surface area contributed by atoms with Gasteiger partial charge in [0, 0.05) is 0 Å². The van der Waals surface area contributed by atoms with Crippen molar-refractivity contribution in [3.8, 4) is 0 Å². The Kier molecular flexibility index (Phi) is 2.03. The fraction of sp³-hybridized carbons (Fsp3) is 0.889. The summed E-state index contributed by atoms with van der Waals surface area (Å²) >= 11 is 5.82. The number of fused-ring (bicyclic) bond motifs is 2. The molecule has 2 saturated carbocycles. The summed E-state index contributed by atoms with van der Waals surface area (Å²) < 4.78 is 0. The van der Waals surface area contributed by atoms with Crippen molar-refractivity contribution >= 4 is 17.6 Å². The molecule has 0 heterocycles. The molecule has 0 radical (unpaired) electrons. The van der Waals surface area contributed by atoms with Gasteiger partial charge in [-0.15, -0.1) is 11.6 Å². The number of hydrogen-bond donors (Lipinski definition) is 1. The molecule has 0 spiro atoms. The number of halogens is 1. The van der Waals surface area contributed by atoms with Crippen LogP contribution in [0.1, 0.15) is 25.7 Å². The van der Waals surface area contributed by atoms with Gasteiger partial charge in [-0.25, -0.2) is 0 Å². The van der Waals surface area contributed by atoms with Crippen LogP contribution in [0.5, 0.6) is 0 Å². The first-order chi connectivity index (χ1) is 5.68. The molecule has 2 fully saturated rings. The Morgan fingerprint density at radius 2 is 2.17 bits per heavy atom. The molecule has 2 aliphatic rings. The van der Waals surface area contributed by atoms with E-state index in [9.17, 15) is 4.79 Å². The average molecular weight is 189 g/mol. The van der Waals surface area contributed by atoms with Gasteiger partial charge in [-0.1, -0.05) is 6.42 Å². The highest BCUT2D eigenvalue weighted by Gasteiger charge is 2.44. The van der Waals surface area contributed by atoms with Crippen molar-refractivity contribution in [3.05, 3.63) is 0 Å². The third kappa shape index (κ3) is 1.22. The Balaban J connectivity index is 2.02. The molecule has 68 valence electrons. The summed E-state index contributed by atoms with van der Waals surface area (Å²) in [5.74, 6) is 0.798. The Morgan fingerprint density at radius 3 is 2.58 bits per heavy atom. The Labute approximate surface area is 76.9 Å². The zero-order chi connectivity index (χ0) is 8.72. The molecule has 1 N–H and O–H groups in total. The number of aliphatic carboxylic acids is 1. The summed E-state index contributed by atoms with van der Waals surface area (Å²) in [6, 6.07) is 0. The topological polar surface area (TPSA) is 37.3 Å². The smallest absolute Gasteiger partial charge is 0.321 e. The lowest BCUT2D eigenvalue weighted by atomic mass is 9.86. The summed E-state index contributed by atoms with van der Waals surface area (Å²) in [6.45, 7) is 0. The highest BCUT2D eigenvalue weighted by molar-refractivity contribution is 6.29. The maximum atomic E-state index is 10.6. The van der Waals surface area contributed by atoms with Gasteiger partial charge < -0.3 is 5.11 Å². The lowest BCUT2D eigenvalue weighted by Gasteiger charge is -2.23. The fourth-order valence-electron chi connectivity index (χ4n) is 2.84. The highest BCUT2D eigenvalue weighted by atomic mass is 35.5. The predicted octanol–water partition coefficient (Wildman–Crippen LogP) is 2.11. The second-order valence-corrected chi connectivity index (χ2v) is 4.55. The van der Waals surface area contributed by atoms with Crippen LogP contribution in [0.2, 0.25) is 0 Å². The van der Waals surface area contributed by atoms with Crippen LogP contribution in [0.15, 0.2) is 0 Å². The van der Waals surface area contributed by atoms with Gasteiger partial charge in [0.15, 0.2) is 0 Å². The second kappa shape index (κ2) is 2.91. The molecular weight excluding hydrogens is 176 g/mol. The molecule has 2 nitrogen and oxygen atoms in total. The molecule has 2 aliphatic carbocycles. The van der Waals surface area contributed by atoms with Crippen LogP contribution in [0.4, 0.5) is 0 Å². The van der Waals surface area contributed by atoms with Crippen molar-refractivity contribution < 1.29 is 9.90 Å². The molecule has 0 saturated heterocycles. The summed E-state index contributed by atoms with van der Waals surface area (Å²) in [6.07, 6.45) is 4.77. The summed E-state index contributed by atoms with van der Waals surface area (Å²) in [5.41, 5.74) is 0. The molecule has 0 unspecified atom stereocenters. The highest BCUT2D eigenvalue weighted by Crippen LogP contribution is 2.50. The third-order valence-corrected chi connectivity index (χ3v) is 3.91. The van der Waals surface area contributed by atoms with Crippen molar-refractivity contribution in [2.75, 3.05) is 0 Å². The summed E-state index contributed by atoms with van der Waals surface area (Å²) in [7, 11) is 0. The fourth-order valence-corrected chi connectivity index (χ4v) is 3.14. The Hall–Kier alpha value is -0.240. The van der Waals surface area contributed by atoms with Gasteiger partial charge in [0.05, 0.1) is 0 Å². The van der Waals surface area contributed by atoms with E-state index in [4.69, 9.17) is 16.7 Å². The van der Waals surface area contributed by atoms with Crippen LogP contribution in [-0.2, 0) is 4.79 Å². The number of alkyl halides is 1. The Bertz CT molecular complexity index is 205. The van der Waals surface area contributed by atoms with E-state index in [1.54, 1.807) is 0 Å². The number of carbonyl (C=O) groups is 1. The molecular formula is C9H13ClO2. The average Bonchev–Trinajstić information content (AvgIpc) is 2.62. The lowest BCUT2D eigenvalue weighted by Crippen LogP contribution is -2.28. The normalized spacial score (nSPS) is 41.6. The first-order valence-electron chi connectivity index (χ1n) is 4.55. The van der Waals surface area contributed by atoms with Gasteiger partial charge in [0.25, 0.3) is 0 Å². The molecule has 2 bridgehead atoms. The van der Waals surface area contributed by atoms with Crippen molar-refractivity contribution in [2.45, 2.75) is 31.1 Å². The van der Waals surface area contributed by atoms with Crippen molar-refractivity contribution in [1.29, 1.82) is 0 Å². The zero-order valence-electron chi connectivity index (χ0n) is 6.87. The van der Waals surface area contributed by atoms with Gasteiger partial charge in [-0.05, 0) is 37.0 Å². The SMILES string of the molecule is O=C(O)[C@H](Cl)[C@@H]1C[C@H]2CC[C@H]1C2. The molecule has 12 heavy (non-hydrogen) atoms. The van der Waals surface area contributed by atoms with E-state index in [0.29, 0.717) is 5.92 Å². The molecule has 0 aromatic rings. The lowest BCUT2D eigenvalue weighted by molar-refractivity contribution is -0.138. The molecule has 0 aromatic heterocycles. The Morgan fingerprint density at radius 1 is 1.42 bits per heavy atom. The van der Waals surface area contributed by atoms with Crippen LogP contribution in [0.25, 0.3) is 0 Å². The molecule has 2 rings (SSSR count). The second-order valence-electron chi connectivity index (χ2n) is 4.08. The van der Waals surface area contributed by atoms with Gasteiger partial charge in [-0.3, -0.25) is 4.79 Å². The van der Waals surface area contributed by atoms with Gasteiger partial charge in [0.1, 0.15) is 5.38 Å². The van der Waals surface area contributed by atoms with Crippen LogP contribution >= 0.6 is 11.6 Å². The molecule has 4 atom stereocenters. The van der Waals surface area contributed by atoms with Crippen LogP contribution in [0, 0.1) is 17.8 Å². The predicted molar refractivity (Wildman–Crippen MR) is 46.2 cm³/mol. The van der Waals surface area contributed by atoms with E-state index in [2.05, 4.69) is 0 Å². The third-order valence-electron chi connectivity index (χ3n) is 3.40. The first-order valence-corrected chi connectivity index (χ1v) is 4.99. The molecule has 0 aromatic carbocycles. The maximum Gasteiger partial charge on any atom is 0.321 e. The standard InChI is InChI=1S/C9H13ClO2/c10-8(9(11)12)7-4-5-1-2-6(7)3-5/h5-8H,1-4H2,(H,11,12)/t5-,6-,7+,8+/m0/s1. The van der Waals surface area contributed by atoms with E-state index >= 15 is 0 Å². The van der Waals surface area contributed by atoms with Gasteiger partial charge in [0.2, 0.25) is 0 Å². The van der Waals surface area contributed by atoms with E-state index in [1.807, 2.05) is 0 Å². The molecule has 0 amide bonds.